The van der Waals surface area contributed by atoms with Gasteiger partial charge in [0.15, 0.2) is 0 Å². The minimum absolute atomic E-state index is 0.195. The molecule has 36 heavy (non-hydrogen) atoms. The van der Waals surface area contributed by atoms with E-state index in [1.165, 1.54) is 0 Å². The van der Waals surface area contributed by atoms with E-state index < -0.39 is 0 Å². The molecule has 0 saturated heterocycles. The van der Waals surface area contributed by atoms with Gasteiger partial charge >= 0.3 is 0 Å². The maximum absolute atomic E-state index is 13.4. The van der Waals surface area contributed by atoms with Crippen LogP contribution in [0.15, 0.2) is 103 Å². The van der Waals surface area contributed by atoms with Gasteiger partial charge in [-0.25, -0.2) is 4.98 Å². The third-order valence-electron chi connectivity index (χ3n) is 5.87. The van der Waals surface area contributed by atoms with Gasteiger partial charge < -0.3 is 20.1 Å². The first kappa shape index (κ1) is 22.9. The molecule has 0 radical (unpaired) electrons. The lowest BCUT2D eigenvalue weighted by molar-refractivity contribution is 0.102. The van der Waals surface area contributed by atoms with Gasteiger partial charge in [-0.2, -0.15) is 0 Å². The molecule has 5 aromatic rings. The summed E-state index contributed by atoms with van der Waals surface area (Å²) < 4.78 is 10.5. The molecular formula is C30H25N3O3. The highest BCUT2D eigenvalue weighted by atomic mass is 16.5. The van der Waals surface area contributed by atoms with Crippen molar-refractivity contribution in [3.8, 4) is 22.8 Å². The van der Waals surface area contributed by atoms with Crippen LogP contribution in [-0.4, -0.2) is 25.1 Å². The van der Waals surface area contributed by atoms with E-state index in [1.807, 2.05) is 103 Å². The number of anilines is 3. The van der Waals surface area contributed by atoms with Gasteiger partial charge in [0.1, 0.15) is 11.5 Å². The summed E-state index contributed by atoms with van der Waals surface area (Å²) >= 11 is 0. The Hall–Kier alpha value is -4.84. The number of hydrogen-bond donors (Lipinski definition) is 2. The van der Waals surface area contributed by atoms with Gasteiger partial charge in [-0.1, -0.05) is 18.2 Å². The summed E-state index contributed by atoms with van der Waals surface area (Å²) in [5.41, 5.74) is 5.51. The second-order valence-corrected chi connectivity index (χ2v) is 8.19. The molecule has 0 unspecified atom stereocenters. The number of aromatic nitrogens is 1. The van der Waals surface area contributed by atoms with Crippen LogP contribution in [0.2, 0.25) is 0 Å². The summed E-state index contributed by atoms with van der Waals surface area (Å²) in [6.07, 6.45) is 0. The smallest absolute Gasteiger partial charge is 0.256 e. The zero-order chi connectivity index (χ0) is 24.9. The molecule has 178 valence electrons. The summed E-state index contributed by atoms with van der Waals surface area (Å²) in [5.74, 6) is 1.37. The number of rotatable bonds is 7. The van der Waals surface area contributed by atoms with Crippen molar-refractivity contribution in [3.05, 3.63) is 109 Å². The van der Waals surface area contributed by atoms with E-state index in [9.17, 15) is 4.79 Å². The molecule has 1 aromatic heterocycles. The lowest BCUT2D eigenvalue weighted by Gasteiger charge is -2.12. The van der Waals surface area contributed by atoms with Crippen LogP contribution in [0.3, 0.4) is 0 Å². The lowest BCUT2D eigenvalue weighted by atomic mass is 10.0. The Labute approximate surface area is 209 Å². The Kier molecular flexibility index (Phi) is 6.49. The molecule has 0 aliphatic heterocycles. The van der Waals surface area contributed by atoms with E-state index in [4.69, 9.17) is 14.5 Å². The Morgan fingerprint density at radius 2 is 1.25 bits per heavy atom. The molecule has 6 nitrogen and oxygen atoms in total. The molecule has 0 aliphatic rings. The number of nitrogens with one attached hydrogen (secondary N) is 2. The van der Waals surface area contributed by atoms with Gasteiger partial charge in [-0.05, 0) is 84.9 Å². The zero-order valence-electron chi connectivity index (χ0n) is 20.0. The van der Waals surface area contributed by atoms with Gasteiger partial charge in [0.2, 0.25) is 0 Å². The molecule has 0 atom stereocenters. The van der Waals surface area contributed by atoms with Crippen LogP contribution >= 0.6 is 0 Å². The minimum Gasteiger partial charge on any atom is -0.497 e. The van der Waals surface area contributed by atoms with Crippen LogP contribution in [0.5, 0.6) is 11.5 Å². The first-order valence-corrected chi connectivity index (χ1v) is 11.5. The monoisotopic (exact) mass is 475 g/mol. The second-order valence-electron chi connectivity index (χ2n) is 8.19. The van der Waals surface area contributed by atoms with Crippen LogP contribution in [0.25, 0.3) is 22.2 Å². The molecule has 0 spiro atoms. The molecule has 6 heteroatoms. The third kappa shape index (κ3) is 4.98. The number of hydrogen-bond acceptors (Lipinski definition) is 5. The van der Waals surface area contributed by atoms with E-state index in [-0.39, 0.29) is 5.91 Å². The Bertz CT molecular complexity index is 1500. The fourth-order valence-corrected chi connectivity index (χ4v) is 3.95. The van der Waals surface area contributed by atoms with Crippen molar-refractivity contribution in [1.29, 1.82) is 0 Å². The second kappa shape index (κ2) is 10.2. The normalized spacial score (nSPS) is 10.6. The number of ether oxygens (including phenoxy) is 2. The van der Waals surface area contributed by atoms with E-state index in [0.717, 1.165) is 45.0 Å². The average Bonchev–Trinajstić information content (AvgIpc) is 2.94. The molecule has 1 heterocycles. The molecule has 0 aliphatic carbocycles. The number of pyridine rings is 1. The molecule has 5 rings (SSSR count). The lowest BCUT2D eigenvalue weighted by Crippen LogP contribution is -2.13. The van der Waals surface area contributed by atoms with E-state index in [2.05, 4.69) is 10.6 Å². The summed E-state index contributed by atoms with van der Waals surface area (Å²) in [6.45, 7) is 0. The van der Waals surface area contributed by atoms with Crippen molar-refractivity contribution in [2.45, 2.75) is 0 Å². The van der Waals surface area contributed by atoms with Gasteiger partial charge in [0, 0.05) is 28.0 Å². The molecule has 4 aromatic carbocycles. The topological polar surface area (TPSA) is 72.5 Å². The highest BCUT2D eigenvalue weighted by Gasteiger charge is 2.14. The fourth-order valence-electron chi connectivity index (χ4n) is 3.95. The van der Waals surface area contributed by atoms with Crippen molar-refractivity contribution >= 4 is 33.9 Å². The average molecular weight is 476 g/mol. The Balaban J connectivity index is 1.38. The number of methoxy groups -OCH3 is 2. The van der Waals surface area contributed by atoms with Gasteiger partial charge in [0.05, 0.1) is 31.0 Å². The van der Waals surface area contributed by atoms with Crippen LogP contribution < -0.4 is 20.1 Å². The first-order chi connectivity index (χ1) is 17.6. The number of nitrogens with zero attached hydrogens (tertiary/aromatic N) is 1. The quantitative estimate of drug-likeness (QED) is 0.267. The third-order valence-corrected chi connectivity index (χ3v) is 5.87. The number of para-hydroxylation sites is 1. The molecular weight excluding hydrogens is 450 g/mol. The molecule has 0 fully saturated rings. The molecule has 0 saturated carbocycles. The predicted octanol–water partition coefficient (Wildman–Crippen LogP) is 6.91. The van der Waals surface area contributed by atoms with Crippen molar-refractivity contribution in [3.63, 3.8) is 0 Å². The van der Waals surface area contributed by atoms with Crippen LogP contribution in [0.4, 0.5) is 17.1 Å². The molecule has 0 bridgehead atoms. The van der Waals surface area contributed by atoms with E-state index in [1.54, 1.807) is 14.2 Å². The Morgan fingerprint density at radius 1 is 0.694 bits per heavy atom. The van der Waals surface area contributed by atoms with Crippen LogP contribution in [0, 0.1) is 0 Å². The summed E-state index contributed by atoms with van der Waals surface area (Å²) in [5, 5.41) is 7.16. The molecule has 1 amide bonds. The summed E-state index contributed by atoms with van der Waals surface area (Å²) in [4.78, 5) is 18.1. The maximum atomic E-state index is 13.4. The van der Waals surface area contributed by atoms with Gasteiger partial charge in [0.25, 0.3) is 5.91 Å². The van der Waals surface area contributed by atoms with Gasteiger partial charge in [-0.3, -0.25) is 4.79 Å². The largest absolute Gasteiger partial charge is 0.497 e. The zero-order valence-corrected chi connectivity index (χ0v) is 20.0. The van der Waals surface area contributed by atoms with Crippen LogP contribution in [0.1, 0.15) is 10.4 Å². The number of carbonyl (C=O) groups excluding carboxylic acids is 1. The van der Waals surface area contributed by atoms with E-state index in [0.29, 0.717) is 11.3 Å². The van der Waals surface area contributed by atoms with Crippen molar-refractivity contribution in [2.75, 3.05) is 24.9 Å². The van der Waals surface area contributed by atoms with E-state index >= 15 is 0 Å². The minimum atomic E-state index is -0.195. The van der Waals surface area contributed by atoms with Crippen molar-refractivity contribution in [2.24, 2.45) is 0 Å². The summed E-state index contributed by atoms with van der Waals surface area (Å²) in [7, 11) is 3.28. The first-order valence-electron chi connectivity index (χ1n) is 11.5. The Morgan fingerprint density at radius 3 is 1.89 bits per heavy atom. The van der Waals surface area contributed by atoms with Crippen LogP contribution in [-0.2, 0) is 0 Å². The maximum Gasteiger partial charge on any atom is 0.256 e. The number of benzene rings is 4. The van der Waals surface area contributed by atoms with Crippen molar-refractivity contribution in [1.82, 2.24) is 4.98 Å². The fraction of sp³-hybridized carbons (Fsp3) is 0.0667. The summed E-state index contributed by atoms with van der Waals surface area (Å²) in [6, 6.07) is 32.4. The highest BCUT2D eigenvalue weighted by Crippen LogP contribution is 2.27. The SMILES string of the molecule is COc1ccc(Nc2ccc(NC(=O)c3cc(-c4ccc(OC)cc4)nc4ccccc34)cc2)cc1. The number of fused-ring (bicyclic) bond motifs is 1. The standard InChI is InChI=1S/C30H25N3O3/c1-35-24-15-7-20(8-16-24)29-19-27(26-5-3-4-6-28(26)33-29)30(34)32-23-11-9-21(10-12-23)31-22-13-17-25(36-2)18-14-22/h3-19,31H,1-2H3,(H,32,34). The molecule has 2 N–H and O–H groups in total. The number of amides is 1. The highest BCUT2D eigenvalue weighted by molar-refractivity contribution is 6.13. The van der Waals surface area contributed by atoms with Crippen molar-refractivity contribution < 1.29 is 14.3 Å². The number of carbonyl (C=O) groups is 1. The van der Waals surface area contributed by atoms with Gasteiger partial charge in [-0.15, -0.1) is 0 Å². The predicted molar refractivity (Wildman–Crippen MR) is 144 cm³/mol.